The molecule has 5 heteroatoms. The lowest BCUT2D eigenvalue weighted by Crippen LogP contribution is -2.80. The highest BCUT2D eigenvalue weighted by Gasteiger charge is 2.80. The number of phenolic OH excluding ortho intramolecular Hbond substituents is 1. The molecule has 0 radical (unpaired) electrons. The minimum atomic E-state index is -0.850. The van der Waals surface area contributed by atoms with Crippen LogP contribution in [-0.2, 0) is 16.6 Å². The summed E-state index contributed by atoms with van der Waals surface area (Å²) in [5.41, 5.74) is 0.625. The Bertz CT molecular complexity index is 957. The van der Waals surface area contributed by atoms with E-state index in [1.165, 1.54) is 11.1 Å². The van der Waals surface area contributed by atoms with E-state index in [0.717, 1.165) is 38.6 Å². The number of likely N-dealkylation sites (tertiary alicyclic amines) is 1. The summed E-state index contributed by atoms with van der Waals surface area (Å²) in [6.45, 7) is 5.11. The second kappa shape index (κ2) is 5.62. The number of likely N-dealkylation sites (N-methyl/N-ethyl adjacent to an activating group) is 1. The number of phenols is 1. The average molecular weight is 412 g/mol. The summed E-state index contributed by atoms with van der Waals surface area (Å²) in [5, 5.41) is 22.4. The molecular formula is C25H33NO4. The van der Waals surface area contributed by atoms with Gasteiger partial charge in [-0.2, -0.15) is 0 Å². The van der Waals surface area contributed by atoms with Crippen molar-refractivity contribution in [1.29, 1.82) is 0 Å². The zero-order valence-electron chi connectivity index (χ0n) is 18.4. The lowest BCUT2D eigenvalue weighted by molar-refractivity contribution is -0.247. The third kappa shape index (κ3) is 1.80. The third-order valence-electron chi connectivity index (χ3n) is 9.58. The van der Waals surface area contributed by atoms with Gasteiger partial charge in [0.05, 0.1) is 11.0 Å². The van der Waals surface area contributed by atoms with E-state index in [9.17, 15) is 10.2 Å². The lowest BCUT2D eigenvalue weighted by atomic mass is 9.36. The number of hydrogen-bond donors (Lipinski definition) is 2. The molecule has 7 atom stereocenters. The number of methoxy groups -OCH3 is 1. The molecular weight excluding hydrogens is 378 g/mol. The highest BCUT2D eigenvalue weighted by Crippen LogP contribution is 2.75. The Morgan fingerprint density at radius 2 is 2.13 bits per heavy atom. The molecule has 30 heavy (non-hydrogen) atoms. The summed E-state index contributed by atoms with van der Waals surface area (Å²) in [6, 6.07) is 4.23. The maximum absolute atomic E-state index is 11.7. The first-order valence-corrected chi connectivity index (χ1v) is 11.5. The van der Waals surface area contributed by atoms with Gasteiger partial charge in [-0.25, -0.2) is 0 Å². The van der Waals surface area contributed by atoms with E-state index in [4.69, 9.17) is 9.47 Å². The van der Waals surface area contributed by atoms with E-state index in [-0.39, 0.29) is 28.6 Å². The van der Waals surface area contributed by atoms with E-state index in [0.29, 0.717) is 11.8 Å². The van der Waals surface area contributed by atoms with Gasteiger partial charge in [0.25, 0.3) is 0 Å². The van der Waals surface area contributed by atoms with E-state index >= 15 is 0 Å². The minimum absolute atomic E-state index is 0.0647. The molecule has 6 aliphatic rings. The first kappa shape index (κ1) is 19.1. The quantitative estimate of drug-likeness (QED) is 0.746. The van der Waals surface area contributed by atoms with Crippen LogP contribution in [0.25, 0.3) is 0 Å². The van der Waals surface area contributed by atoms with Crippen molar-refractivity contribution in [3.05, 3.63) is 35.4 Å². The topological polar surface area (TPSA) is 62.2 Å². The Kier molecular flexibility index (Phi) is 3.59. The molecule has 2 heterocycles. The van der Waals surface area contributed by atoms with Crippen molar-refractivity contribution in [3.8, 4) is 11.5 Å². The molecule has 0 aromatic heterocycles. The maximum atomic E-state index is 11.7. The fourth-order valence-corrected chi connectivity index (χ4v) is 8.44. The van der Waals surface area contributed by atoms with Crippen LogP contribution in [0.5, 0.6) is 11.5 Å². The van der Waals surface area contributed by atoms with Crippen molar-refractivity contribution in [2.45, 2.75) is 74.7 Å². The first-order chi connectivity index (χ1) is 14.3. The molecule has 2 N–H and O–H groups in total. The van der Waals surface area contributed by atoms with Gasteiger partial charge in [0.15, 0.2) is 11.5 Å². The molecule has 0 amide bonds. The number of aliphatic hydroxyl groups is 1. The molecule has 162 valence electrons. The maximum Gasteiger partial charge on any atom is 0.165 e. The van der Waals surface area contributed by atoms with Crippen molar-refractivity contribution in [1.82, 2.24) is 4.90 Å². The molecule has 5 nitrogen and oxygen atoms in total. The number of rotatable bonds is 4. The lowest BCUT2D eigenvalue weighted by Gasteiger charge is -2.72. The average Bonchev–Trinajstić information content (AvgIpc) is 3.09. The second-order valence-electron chi connectivity index (χ2n) is 10.7. The van der Waals surface area contributed by atoms with Crippen molar-refractivity contribution in [2.24, 2.45) is 11.3 Å². The van der Waals surface area contributed by atoms with Gasteiger partial charge >= 0.3 is 0 Å². The van der Waals surface area contributed by atoms with E-state index in [2.05, 4.69) is 37.1 Å². The number of benzene rings is 1. The fourth-order valence-electron chi connectivity index (χ4n) is 8.44. The van der Waals surface area contributed by atoms with Gasteiger partial charge < -0.3 is 24.6 Å². The zero-order chi connectivity index (χ0) is 21.1. The summed E-state index contributed by atoms with van der Waals surface area (Å²) in [6.07, 6.45) is 8.86. The molecule has 1 saturated carbocycles. The number of nitrogens with zero attached hydrogens (tertiary/aromatic N) is 1. The molecule has 4 aliphatic carbocycles. The Morgan fingerprint density at radius 1 is 1.33 bits per heavy atom. The van der Waals surface area contributed by atoms with Crippen molar-refractivity contribution in [2.75, 3.05) is 20.7 Å². The number of hydrogen-bond acceptors (Lipinski definition) is 5. The summed E-state index contributed by atoms with van der Waals surface area (Å²) in [7, 11) is 4.00. The zero-order valence-corrected chi connectivity index (χ0v) is 18.4. The molecule has 1 unspecified atom stereocenters. The summed E-state index contributed by atoms with van der Waals surface area (Å²) in [4.78, 5) is 2.51. The Balaban J connectivity index is 1.66. The van der Waals surface area contributed by atoms with Crippen LogP contribution in [-0.4, -0.2) is 59.2 Å². The van der Waals surface area contributed by atoms with Gasteiger partial charge in [-0.05, 0) is 57.8 Å². The molecule has 1 aromatic rings. The third-order valence-corrected chi connectivity index (χ3v) is 9.58. The smallest absolute Gasteiger partial charge is 0.165 e. The van der Waals surface area contributed by atoms with Gasteiger partial charge in [0.1, 0.15) is 11.7 Å². The number of ether oxygens (including phenoxy) is 2. The van der Waals surface area contributed by atoms with E-state index in [1.807, 2.05) is 6.92 Å². The highest BCUT2D eigenvalue weighted by molar-refractivity contribution is 5.65. The van der Waals surface area contributed by atoms with Crippen LogP contribution in [0.1, 0.15) is 50.7 Å². The summed E-state index contributed by atoms with van der Waals surface area (Å²) < 4.78 is 13.1. The molecule has 4 bridgehead atoms. The van der Waals surface area contributed by atoms with Crippen LogP contribution in [0.2, 0.25) is 0 Å². The van der Waals surface area contributed by atoms with Crippen LogP contribution < -0.4 is 4.74 Å². The van der Waals surface area contributed by atoms with Gasteiger partial charge in [-0.3, -0.25) is 0 Å². The summed E-state index contributed by atoms with van der Waals surface area (Å²) in [5.74, 6) is 0.823. The Labute approximate surface area is 178 Å². The van der Waals surface area contributed by atoms with Gasteiger partial charge in [-0.1, -0.05) is 31.6 Å². The van der Waals surface area contributed by atoms with E-state index in [1.54, 1.807) is 13.2 Å². The monoisotopic (exact) mass is 411 g/mol. The molecule has 2 fully saturated rings. The summed E-state index contributed by atoms with van der Waals surface area (Å²) >= 11 is 0. The van der Waals surface area contributed by atoms with Crippen molar-refractivity contribution < 1.29 is 19.7 Å². The van der Waals surface area contributed by atoms with Gasteiger partial charge in [0, 0.05) is 30.0 Å². The largest absolute Gasteiger partial charge is 0.504 e. The highest BCUT2D eigenvalue weighted by atomic mass is 16.6. The van der Waals surface area contributed by atoms with Crippen LogP contribution in [0.4, 0.5) is 0 Å². The van der Waals surface area contributed by atoms with Gasteiger partial charge in [-0.15, -0.1) is 0 Å². The Morgan fingerprint density at radius 3 is 2.87 bits per heavy atom. The molecule has 2 spiro atoms. The fraction of sp³-hybridized carbons (Fsp3) is 0.680. The molecule has 2 aliphatic heterocycles. The number of aromatic hydroxyl groups is 1. The van der Waals surface area contributed by atoms with Crippen LogP contribution in [0.3, 0.4) is 0 Å². The second-order valence-corrected chi connectivity index (χ2v) is 10.7. The standard InChI is InChI=1S/C25H33NO4/c1-5-8-22(2,28)17-14-23-9-10-25(17,29-4)21-24(23)11-12-26(3)18(23)13-15-6-7-16(27)20(30-21)19(15)24/h6-7,9-10,17-18,21,27-28H,5,8,11-14H2,1-4H3/t17-,18-,21-,22-,23?,24+,25+/m1/s1. The molecule has 1 saturated heterocycles. The van der Waals surface area contributed by atoms with Crippen molar-refractivity contribution in [3.63, 3.8) is 0 Å². The normalized spacial score (nSPS) is 44.5. The van der Waals surface area contributed by atoms with E-state index < -0.39 is 11.2 Å². The first-order valence-electron chi connectivity index (χ1n) is 11.5. The predicted octanol–water partition coefficient (Wildman–Crippen LogP) is 3.16. The predicted molar refractivity (Wildman–Crippen MR) is 114 cm³/mol. The molecule has 1 aromatic carbocycles. The Hall–Kier alpha value is -1.56. The van der Waals surface area contributed by atoms with Crippen LogP contribution >= 0.6 is 0 Å². The number of fused-ring (bicyclic) bond motifs is 1. The van der Waals surface area contributed by atoms with Crippen molar-refractivity contribution >= 4 is 0 Å². The molecule has 7 rings (SSSR count). The van der Waals surface area contributed by atoms with Crippen LogP contribution in [0.15, 0.2) is 24.3 Å². The van der Waals surface area contributed by atoms with Gasteiger partial charge in [0.2, 0.25) is 0 Å². The minimum Gasteiger partial charge on any atom is -0.504 e. The SMILES string of the molecule is CCC[C@@](C)(O)[C@H]1CC23C=C[C@@]1(OC)[C@@H]1Oc4c(O)ccc5c4[C@@]12CCN(C)[C@@H]3C5. The van der Waals surface area contributed by atoms with Crippen LogP contribution in [0, 0.1) is 11.3 Å². The number of piperidine rings is 1.